The van der Waals surface area contributed by atoms with Gasteiger partial charge in [0.15, 0.2) is 5.96 Å². The molecule has 27 heavy (non-hydrogen) atoms. The van der Waals surface area contributed by atoms with Crippen molar-refractivity contribution in [1.29, 1.82) is 0 Å². The van der Waals surface area contributed by atoms with Crippen molar-refractivity contribution in [2.45, 2.75) is 25.9 Å². The maximum atomic E-state index is 12.8. The van der Waals surface area contributed by atoms with E-state index in [2.05, 4.69) is 15.6 Å². The first kappa shape index (κ1) is 20.8. The number of aliphatic imine (C=N–C) groups is 1. The summed E-state index contributed by atoms with van der Waals surface area (Å²) in [6.07, 6.45) is 4.38. The van der Waals surface area contributed by atoms with E-state index in [9.17, 15) is 4.39 Å². The Kier molecular flexibility index (Phi) is 9.81. The molecule has 0 saturated carbocycles. The van der Waals surface area contributed by atoms with Crippen LogP contribution in [0.4, 0.5) is 4.39 Å². The van der Waals surface area contributed by atoms with E-state index in [-0.39, 0.29) is 5.82 Å². The Labute approximate surface area is 159 Å². The second kappa shape index (κ2) is 12.8. The Balaban J connectivity index is 1.43. The van der Waals surface area contributed by atoms with Gasteiger partial charge in [0.25, 0.3) is 0 Å². The lowest BCUT2D eigenvalue weighted by Gasteiger charge is -2.12. The molecule has 1 aromatic carbocycles. The van der Waals surface area contributed by atoms with Gasteiger partial charge in [0.2, 0.25) is 0 Å². The molecule has 1 aromatic heterocycles. The highest BCUT2D eigenvalue weighted by Crippen LogP contribution is 2.11. The highest BCUT2D eigenvalue weighted by atomic mass is 19.1. The van der Waals surface area contributed by atoms with Crippen molar-refractivity contribution in [3.8, 4) is 5.75 Å². The van der Waals surface area contributed by atoms with Gasteiger partial charge in [-0.05, 0) is 55.7 Å². The minimum atomic E-state index is -0.255. The normalized spacial score (nSPS) is 11.4. The average Bonchev–Trinajstić information content (AvgIpc) is 3.20. The van der Waals surface area contributed by atoms with E-state index >= 15 is 0 Å². The molecule has 0 spiro atoms. The van der Waals surface area contributed by atoms with Gasteiger partial charge < -0.3 is 24.5 Å². The van der Waals surface area contributed by atoms with Crippen LogP contribution in [0, 0.1) is 5.82 Å². The Bertz CT molecular complexity index is 645. The van der Waals surface area contributed by atoms with Crippen LogP contribution in [0.2, 0.25) is 0 Å². The zero-order valence-electron chi connectivity index (χ0n) is 15.7. The van der Waals surface area contributed by atoms with Crippen molar-refractivity contribution in [2.75, 3.05) is 33.4 Å². The van der Waals surface area contributed by atoms with Crippen LogP contribution in [0.3, 0.4) is 0 Å². The third-order valence-electron chi connectivity index (χ3n) is 3.75. The Hall–Kier alpha value is -2.54. The molecule has 0 aliphatic carbocycles. The lowest BCUT2D eigenvalue weighted by Crippen LogP contribution is -2.38. The van der Waals surface area contributed by atoms with Crippen LogP contribution in [0.5, 0.6) is 5.75 Å². The molecule has 2 N–H and O–H groups in total. The summed E-state index contributed by atoms with van der Waals surface area (Å²) in [5, 5.41) is 6.52. The van der Waals surface area contributed by atoms with E-state index in [0.29, 0.717) is 25.6 Å². The molecular weight excluding hydrogens is 349 g/mol. The molecule has 6 nitrogen and oxygen atoms in total. The van der Waals surface area contributed by atoms with Gasteiger partial charge in [-0.15, -0.1) is 0 Å². The summed E-state index contributed by atoms with van der Waals surface area (Å²) in [7, 11) is 1.75. The summed E-state index contributed by atoms with van der Waals surface area (Å²) in [6.45, 7) is 3.35. The van der Waals surface area contributed by atoms with Crippen LogP contribution < -0.4 is 15.4 Å². The number of unbranched alkanes of at least 4 members (excludes halogenated alkanes) is 1. The minimum absolute atomic E-state index is 0.255. The van der Waals surface area contributed by atoms with Gasteiger partial charge >= 0.3 is 0 Å². The number of nitrogens with one attached hydrogen (secondary N) is 2. The number of benzene rings is 1. The lowest BCUT2D eigenvalue weighted by atomic mass is 10.3. The van der Waals surface area contributed by atoms with Gasteiger partial charge in [-0.2, -0.15) is 0 Å². The molecule has 0 bridgehead atoms. The fourth-order valence-electron chi connectivity index (χ4n) is 2.32. The maximum Gasteiger partial charge on any atom is 0.190 e. The maximum absolute atomic E-state index is 12.8. The topological polar surface area (TPSA) is 68.0 Å². The van der Waals surface area contributed by atoms with Crippen LogP contribution in [0.15, 0.2) is 52.1 Å². The standard InChI is InChI=1S/C20H28FN3O3/c1-22-20(24-12-5-13-25-16-19-6-4-15-27-19)23-11-2-3-14-26-18-9-7-17(21)8-10-18/h4,6-10,15H,2-3,5,11-14,16H2,1H3,(H2,22,23,24). The van der Waals surface area contributed by atoms with Gasteiger partial charge in [0, 0.05) is 26.7 Å². The first-order valence-electron chi connectivity index (χ1n) is 9.21. The Morgan fingerprint density at radius 3 is 2.52 bits per heavy atom. The van der Waals surface area contributed by atoms with E-state index in [1.54, 1.807) is 25.4 Å². The van der Waals surface area contributed by atoms with Crippen molar-refractivity contribution in [3.63, 3.8) is 0 Å². The molecule has 0 aliphatic heterocycles. The summed E-state index contributed by atoms with van der Waals surface area (Å²) in [5.74, 6) is 2.05. The van der Waals surface area contributed by atoms with Crippen molar-refractivity contribution < 1.29 is 18.3 Å². The molecule has 0 radical (unpaired) electrons. The number of furan rings is 1. The van der Waals surface area contributed by atoms with E-state index in [1.807, 2.05) is 12.1 Å². The predicted octanol–water partition coefficient (Wildman–Crippen LogP) is 3.35. The number of rotatable bonds is 12. The van der Waals surface area contributed by atoms with Crippen LogP contribution >= 0.6 is 0 Å². The van der Waals surface area contributed by atoms with Crippen molar-refractivity contribution in [3.05, 3.63) is 54.2 Å². The number of halogens is 1. The molecule has 0 atom stereocenters. The quantitative estimate of drug-likeness (QED) is 0.337. The van der Waals surface area contributed by atoms with Crippen LogP contribution in [-0.2, 0) is 11.3 Å². The number of hydrogen-bond donors (Lipinski definition) is 2. The summed E-state index contributed by atoms with van der Waals surface area (Å²) < 4.78 is 29.1. The van der Waals surface area contributed by atoms with Crippen LogP contribution in [0.1, 0.15) is 25.0 Å². The molecular formula is C20H28FN3O3. The van der Waals surface area contributed by atoms with E-state index in [4.69, 9.17) is 13.9 Å². The first-order chi connectivity index (χ1) is 13.3. The predicted molar refractivity (Wildman–Crippen MR) is 103 cm³/mol. The van der Waals surface area contributed by atoms with Crippen molar-refractivity contribution in [2.24, 2.45) is 4.99 Å². The molecule has 0 aliphatic rings. The number of hydrogen-bond acceptors (Lipinski definition) is 4. The minimum Gasteiger partial charge on any atom is -0.494 e. The molecule has 0 saturated heterocycles. The number of ether oxygens (including phenoxy) is 2. The average molecular weight is 377 g/mol. The fraction of sp³-hybridized carbons (Fsp3) is 0.450. The summed E-state index contributed by atoms with van der Waals surface area (Å²) in [4.78, 5) is 4.19. The van der Waals surface area contributed by atoms with Crippen molar-refractivity contribution >= 4 is 5.96 Å². The zero-order valence-corrected chi connectivity index (χ0v) is 15.7. The number of guanidine groups is 1. The van der Waals surface area contributed by atoms with Gasteiger partial charge in [0.05, 0.1) is 12.9 Å². The molecule has 0 amide bonds. The van der Waals surface area contributed by atoms with Gasteiger partial charge in [-0.1, -0.05) is 0 Å². The number of nitrogens with zero attached hydrogens (tertiary/aromatic N) is 1. The van der Waals surface area contributed by atoms with Crippen molar-refractivity contribution in [1.82, 2.24) is 10.6 Å². The molecule has 7 heteroatoms. The summed E-state index contributed by atoms with van der Waals surface area (Å²) in [5.41, 5.74) is 0. The second-order valence-electron chi connectivity index (χ2n) is 5.92. The summed E-state index contributed by atoms with van der Waals surface area (Å²) >= 11 is 0. The largest absolute Gasteiger partial charge is 0.494 e. The van der Waals surface area contributed by atoms with Gasteiger partial charge in [-0.3, -0.25) is 4.99 Å². The molecule has 0 unspecified atom stereocenters. The van der Waals surface area contributed by atoms with Crippen LogP contribution in [-0.4, -0.2) is 39.3 Å². The zero-order chi connectivity index (χ0) is 19.2. The molecule has 1 heterocycles. The monoisotopic (exact) mass is 377 g/mol. The molecule has 2 rings (SSSR count). The summed E-state index contributed by atoms with van der Waals surface area (Å²) in [6, 6.07) is 9.82. The Morgan fingerprint density at radius 2 is 1.81 bits per heavy atom. The van der Waals surface area contributed by atoms with E-state index in [1.165, 1.54) is 12.1 Å². The van der Waals surface area contributed by atoms with Crippen LogP contribution in [0.25, 0.3) is 0 Å². The Morgan fingerprint density at radius 1 is 1.04 bits per heavy atom. The third-order valence-corrected chi connectivity index (χ3v) is 3.75. The smallest absolute Gasteiger partial charge is 0.190 e. The lowest BCUT2D eigenvalue weighted by molar-refractivity contribution is 0.105. The van der Waals surface area contributed by atoms with E-state index in [0.717, 1.165) is 44.1 Å². The third kappa shape index (κ3) is 9.10. The first-order valence-corrected chi connectivity index (χ1v) is 9.21. The fourth-order valence-corrected chi connectivity index (χ4v) is 2.32. The SMILES string of the molecule is CN=C(NCCCCOc1ccc(F)cc1)NCCCOCc1ccco1. The molecule has 2 aromatic rings. The molecule has 0 fully saturated rings. The van der Waals surface area contributed by atoms with E-state index < -0.39 is 0 Å². The highest BCUT2D eigenvalue weighted by Gasteiger charge is 1.99. The highest BCUT2D eigenvalue weighted by molar-refractivity contribution is 5.79. The van der Waals surface area contributed by atoms with Gasteiger partial charge in [0.1, 0.15) is 23.9 Å². The molecule has 148 valence electrons. The second-order valence-corrected chi connectivity index (χ2v) is 5.92. The van der Waals surface area contributed by atoms with Gasteiger partial charge in [-0.25, -0.2) is 4.39 Å².